The molecule has 148 valence electrons. The van der Waals surface area contributed by atoms with E-state index < -0.39 is 10.0 Å². The van der Waals surface area contributed by atoms with Gasteiger partial charge in [0.2, 0.25) is 15.9 Å². The molecule has 0 saturated carbocycles. The predicted molar refractivity (Wildman–Crippen MR) is 104 cm³/mol. The van der Waals surface area contributed by atoms with Gasteiger partial charge in [-0.2, -0.15) is 9.57 Å². The van der Waals surface area contributed by atoms with Gasteiger partial charge in [-0.25, -0.2) is 8.42 Å². The number of nitriles is 1. The summed E-state index contributed by atoms with van der Waals surface area (Å²) in [7, 11) is -3.79. The molecule has 0 N–H and O–H groups in total. The van der Waals surface area contributed by atoms with Crippen molar-refractivity contribution in [1.29, 1.82) is 5.26 Å². The zero-order chi connectivity index (χ0) is 20.4. The molecule has 0 bridgehead atoms. The Bertz CT molecular complexity index is 1200. The van der Waals surface area contributed by atoms with Gasteiger partial charge in [0.15, 0.2) is 5.58 Å². The molecule has 1 saturated heterocycles. The van der Waals surface area contributed by atoms with Crippen molar-refractivity contribution in [3.8, 4) is 6.07 Å². The highest BCUT2D eigenvalue weighted by molar-refractivity contribution is 7.89. The van der Waals surface area contributed by atoms with Crippen LogP contribution in [0, 0.1) is 11.3 Å². The van der Waals surface area contributed by atoms with Crippen LogP contribution in [-0.2, 0) is 21.2 Å². The molecule has 3 aromatic rings. The maximum Gasteiger partial charge on any atom is 0.244 e. The fourth-order valence-corrected chi connectivity index (χ4v) is 4.99. The topological polar surface area (TPSA) is 108 Å². The van der Waals surface area contributed by atoms with E-state index in [1.54, 1.807) is 23.1 Å². The van der Waals surface area contributed by atoms with E-state index in [0.717, 1.165) is 5.39 Å². The zero-order valence-electron chi connectivity index (χ0n) is 15.5. The van der Waals surface area contributed by atoms with E-state index in [1.807, 2.05) is 24.3 Å². The quantitative estimate of drug-likeness (QED) is 0.649. The lowest BCUT2D eigenvalue weighted by Crippen LogP contribution is -2.51. The second-order valence-corrected chi connectivity index (χ2v) is 8.60. The third-order valence-electron chi connectivity index (χ3n) is 4.99. The molecular weight excluding hydrogens is 392 g/mol. The van der Waals surface area contributed by atoms with Crippen LogP contribution in [0.2, 0.25) is 0 Å². The normalized spacial score (nSPS) is 15.3. The summed E-state index contributed by atoms with van der Waals surface area (Å²) in [5, 5.41) is 14.0. The Balaban J connectivity index is 1.44. The van der Waals surface area contributed by atoms with E-state index >= 15 is 0 Å². The summed E-state index contributed by atoms with van der Waals surface area (Å²) in [6, 6.07) is 15.4. The smallest absolute Gasteiger partial charge is 0.244 e. The molecule has 1 aromatic heterocycles. The van der Waals surface area contributed by atoms with Crippen molar-refractivity contribution in [2.45, 2.75) is 11.3 Å². The Hall–Kier alpha value is -3.22. The van der Waals surface area contributed by atoms with Crippen molar-refractivity contribution in [3.05, 3.63) is 59.8 Å². The van der Waals surface area contributed by atoms with Crippen LogP contribution in [0.4, 0.5) is 0 Å². The molecule has 0 spiro atoms. The van der Waals surface area contributed by atoms with Crippen molar-refractivity contribution in [1.82, 2.24) is 14.4 Å². The first-order valence-electron chi connectivity index (χ1n) is 9.11. The minimum absolute atomic E-state index is 0.00339. The van der Waals surface area contributed by atoms with Gasteiger partial charge in [-0.3, -0.25) is 4.79 Å². The Labute approximate surface area is 168 Å². The maximum atomic E-state index is 12.9. The van der Waals surface area contributed by atoms with Gasteiger partial charge in [0.1, 0.15) is 11.8 Å². The highest BCUT2D eigenvalue weighted by atomic mass is 32.2. The predicted octanol–water partition coefficient (Wildman–Crippen LogP) is 1.78. The van der Waals surface area contributed by atoms with Gasteiger partial charge in [0, 0.05) is 31.6 Å². The summed E-state index contributed by atoms with van der Waals surface area (Å²) in [6.07, 6.45) is 0.0982. The second-order valence-electron chi connectivity index (χ2n) is 6.70. The number of rotatable bonds is 4. The standard InChI is InChI=1S/C20H18N4O4S/c21-14-15-5-1-4-8-19(15)29(26,27)24-11-9-23(10-12-24)20(25)13-17-16-6-2-3-7-18(16)28-22-17/h1-8H,9-13H2. The van der Waals surface area contributed by atoms with Crippen LogP contribution in [0.3, 0.4) is 0 Å². The number of nitrogens with zero attached hydrogens (tertiary/aromatic N) is 4. The van der Waals surface area contributed by atoms with Gasteiger partial charge < -0.3 is 9.42 Å². The summed E-state index contributed by atoms with van der Waals surface area (Å²) in [5.41, 5.74) is 1.31. The van der Waals surface area contributed by atoms with Crippen molar-refractivity contribution in [2.24, 2.45) is 0 Å². The first-order chi connectivity index (χ1) is 14.0. The van der Waals surface area contributed by atoms with E-state index in [-0.39, 0.29) is 49.0 Å². The third kappa shape index (κ3) is 3.60. The zero-order valence-corrected chi connectivity index (χ0v) is 16.3. The minimum Gasteiger partial charge on any atom is -0.356 e. The van der Waals surface area contributed by atoms with Crippen molar-refractivity contribution in [2.75, 3.05) is 26.2 Å². The van der Waals surface area contributed by atoms with Gasteiger partial charge >= 0.3 is 0 Å². The molecule has 1 amide bonds. The molecule has 0 aliphatic carbocycles. The lowest BCUT2D eigenvalue weighted by Gasteiger charge is -2.34. The molecule has 0 radical (unpaired) electrons. The Morgan fingerprint density at radius 3 is 2.52 bits per heavy atom. The first-order valence-corrected chi connectivity index (χ1v) is 10.5. The monoisotopic (exact) mass is 410 g/mol. The molecule has 1 aliphatic rings. The summed E-state index contributed by atoms with van der Waals surface area (Å²) < 4.78 is 32.3. The van der Waals surface area contributed by atoms with E-state index in [4.69, 9.17) is 4.52 Å². The Kier molecular flexibility index (Phi) is 5.05. The Morgan fingerprint density at radius 2 is 1.76 bits per heavy atom. The molecule has 1 aliphatic heterocycles. The average Bonchev–Trinajstić information content (AvgIpc) is 3.16. The van der Waals surface area contributed by atoms with E-state index in [1.165, 1.54) is 16.4 Å². The largest absolute Gasteiger partial charge is 0.356 e. The van der Waals surface area contributed by atoms with Crippen LogP contribution >= 0.6 is 0 Å². The van der Waals surface area contributed by atoms with Crippen LogP contribution in [-0.4, -0.2) is 54.9 Å². The molecule has 1 fully saturated rings. The van der Waals surface area contributed by atoms with Gasteiger partial charge in [0.05, 0.1) is 16.9 Å². The highest BCUT2D eigenvalue weighted by Crippen LogP contribution is 2.22. The van der Waals surface area contributed by atoms with Crippen molar-refractivity contribution < 1.29 is 17.7 Å². The molecule has 2 aromatic carbocycles. The number of amides is 1. The van der Waals surface area contributed by atoms with Crippen molar-refractivity contribution >= 4 is 26.9 Å². The summed E-state index contributed by atoms with van der Waals surface area (Å²) in [5.74, 6) is -0.126. The number of hydrogen-bond acceptors (Lipinski definition) is 6. The van der Waals surface area contributed by atoms with Crippen LogP contribution in [0.25, 0.3) is 11.0 Å². The van der Waals surface area contributed by atoms with Gasteiger partial charge in [-0.1, -0.05) is 29.4 Å². The van der Waals surface area contributed by atoms with Gasteiger partial charge in [-0.15, -0.1) is 0 Å². The number of sulfonamides is 1. The van der Waals surface area contributed by atoms with E-state index in [0.29, 0.717) is 11.3 Å². The lowest BCUT2D eigenvalue weighted by molar-refractivity contribution is -0.131. The Morgan fingerprint density at radius 1 is 1.07 bits per heavy atom. The van der Waals surface area contributed by atoms with Crippen LogP contribution < -0.4 is 0 Å². The lowest BCUT2D eigenvalue weighted by atomic mass is 10.1. The number of hydrogen-bond donors (Lipinski definition) is 0. The summed E-state index contributed by atoms with van der Waals surface area (Å²) >= 11 is 0. The summed E-state index contributed by atoms with van der Waals surface area (Å²) in [6.45, 7) is 0.909. The number of benzene rings is 2. The fraction of sp³-hybridized carbons (Fsp3) is 0.250. The molecule has 0 unspecified atom stereocenters. The van der Waals surface area contributed by atoms with Gasteiger partial charge in [0.25, 0.3) is 0 Å². The number of carbonyl (C=O) groups is 1. The molecule has 4 rings (SSSR count). The number of para-hydroxylation sites is 1. The number of piperazine rings is 1. The minimum atomic E-state index is -3.79. The molecule has 2 heterocycles. The number of carbonyl (C=O) groups excluding carboxylic acids is 1. The number of aromatic nitrogens is 1. The molecule has 29 heavy (non-hydrogen) atoms. The average molecular weight is 410 g/mol. The third-order valence-corrected chi connectivity index (χ3v) is 6.94. The fourth-order valence-electron chi connectivity index (χ4n) is 3.42. The first kappa shape index (κ1) is 19.1. The molecular formula is C20H18N4O4S. The van der Waals surface area contributed by atoms with Gasteiger partial charge in [-0.05, 0) is 24.3 Å². The van der Waals surface area contributed by atoms with E-state index in [9.17, 15) is 18.5 Å². The van der Waals surface area contributed by atoms with Crippen molar-refractivity contribution in [3.63, 3.8) is 0 Å². The van der Waals surface area contributed by atoms with Crippen LogP contribution in [0.5, 0.6) is 0 Å². The van der Waals surface area contributed by atoms with E-state index in [2.05, 4.69) is 5.16 Å². The summed E-state index contributed by atoms with van der Waals surface area (Å²) in [4.78, 5) is 14.3. The van der Waals surface area contributed by atoms with Crippen LogP contribution in [0.1, 0.15) is 11.3 Å². The highest BCUT2D eigenvalue weighted by Gasteiger charge is 2.31. The number of fused-ring (bicyclic) bond motifs is 1. The molecule has 8 nitrogen and oxygen atoms in total. The maximum absolute atomic E-state index is 12.9. The second kappa shape index (κ2) is 7.66. The van der Waals surface area contributed by atoms with Crippen LogP contribution in [0.15, 0.2) is 57.9 Å². The molecule has 0 atom stereocenters. The SMILES string of the molecule is N#Cc1ccccc1S(=O)(=O)N1CCN(C(=O)Cc2noc3ccccc23)CC1. The molecule has 9 heteroatoms.